The lowest BCUT2D eigenvalue weighted by Crippen LogP contribution is -2.15. The van der Waals surface area contributed by atoms with Crippen LogP contribution in [0, 0.1) is 0 Å². The Morgan fingerprint density at radius 3 is 2.62 bits per heavy atom. The molecule has 0 radical (unpaired) electrons. The molecule has 0 unspecified atom stereocenters. The van der Waals surface area contributed by atoms with Crippen LogP contribution in [0.2, 0.25) is 0 Å². The number of benzene rings is 1. The summed E-state index contributed by atoms with van der Waals surface area (Å²) in [5.74, 6) is 2.60. The van der Waals surface area contributed by atoms with Gasteiger partial charge in [-0.1, -0.05) is 0 Å². The largest absolute Gasteiger partial charge is 0.493 e. The smallest absolute Gasteiger partial charge is 0.163 e. The molecule has 142 valence electrons. The van der Waals surface area contributed by atoms with Crippen molar-refractivity contribution >= 4 is 16.7 Å². The van der Waals surface area contributed by atoms with Gasteiger partial charge in [-0.25, -0.2) is 4.98 Å². The molecule has 5 nitrogen and oxygen atoms in total. The van der Waals surface area contributed by atoms with E-state index in [1.807, 2.05) is 6.07 Å². The van der Waals surface area contributed by atoms with Crippen LogP contribution in [0.3, 0.4) is 0 Å². The highest BCUT2D eigenvalue weighted by Crippen LogP contribution is 2.39. The van der Waals surface area contributed by atoms with Crippen LogP contribution in [0.25, 0.3) is 10.9 Å². The predicted octanol–water partition coefficient (Wildman–Crippen LogP) is 3.88. The lowest BCUT2D eigenvalue weighted by atomic mass is 10.0. The Hall–Kier alpha value is -2.01. The zero-order valence-corrected chi connectivity index (χ0v) is 16.7. The van der Waals surface area contributed by atoms with Gasteiger partial charge in [0.1, 0.15) is 5.82 Å². The number of methoxy groups -OCH3 is 1. The Kier molecular flexibility index (Phi) is 5.87. The summed E-state index contributed by atoms with van der Waals surface area (Å²) in [4.78, 5) is 7.09. The van der Waals surface area contributed by atoms with Gasteiger partial charge in [0.15, 0.2) is 11.5 Å². The molecular formula is C21H31N3O2. The van der Waals surface area contributed by atoms with Gasteiger partial charge in [-0.3, -0.25) is 0 Å². The number of aromatic nitrogens is 1. The van der Waals surface area contributed by atoms with Crippen molar-refractivity contribution in [1.82, 2.24) is 9.88 Å². The van der Waals surface area contributed by atoms with E-state index >= 15 is 0 Å². The molecule has 0 fully saturated rings. The van der Waals surface area contributed by atoms with E-state index in [0.29, 0.717) is 12.6 Å². The number of pyridine rings is 1. The van der Waals surface area contributed by atoms with Crippen molar-refractivity contribution in [3.8, 4) is 11.5 Å². The van der Waals surface area contributed by atoms with Gasteiger partial charge >= 0.3 is 0 Å². The normalized spacial score (nSPS) is 13.5. The fourth-order valence-electron chi connectivity index (χ4n) is 3.60. The third kappa shape index (κ3) is 4.04. The molecule has 0 aliphatic heterocycles. The number of ether oxygens (including phenoxy) is 2. The second-order valence-corrected chi connectivity index (χ2v) is 7.60. The lowest BCUT2D eigenvalue weighted by molar-refractivity contribution is 0.268. The second-order valence-electron chi connectivity index (χ2n) is 7.60. The van der Waals surface area contributed by atoms with Crippen molar-refractivity contribution < 1.29 is 9.47 Å². The van der Waals surface area contributed by atoms with Crippen LogP contribution >= 0.6 is 0 Å². The van der Waals surface area contributed by atoms with Crippen molar-refractivity contribution in [1.29, 1.82) is 0 Å². The molecule has 0 saturated carbocycles. The van der Waals surface area contributed by atoms with Crippen LogP contribution in [-0.2, 0) is 12.8 Å². The summed E-state index contributed by atoms with van der Waals surface area (Å²) < 4.78 is 11.6. The Balaban J connectivity index is 1.95. The minimum absolute atomic E-state index is 0.365. The molecular weight excluding hydrogens is 326 g/mol. The molecule has 0 amide bonds. The number of aryl methyl sites for hydroxylation is 1. The van der Waals surface area contributed by atoms with Gasteiger partial charge in [0.05, 0.1) is 19.2 Å². The Morgan fingerprint density at radius 2 is 1.92 bits per heavy atom. The van der Waals surface area contributed by atoms with Gasteiger partial charge in [-0.05, 0) is 70.8 Å². The van der Waals surface area contributed by atoms with Crippen molar-refractivity contribution in [2.24, 2.45) is 0 Å². The maximum absolute atomic E-state index is 6.01. The highest BCUT2D eigenvalue weighted by Gasteiger charge is 2.22. The maximum Gasteiger partial charge on any atom is 0.163 e. The van der Waals surface area contributed by atoms with E-state index in [-0.39, 0.29) is 0 Å². The number of hydrogen-bond donors (Lipinski definition) is 1. The van der Waals surface area contributed by atoms with Gasteiger partial charge in [0.25, 0.3) is 0 Å². The number of hydrogen-bond acceptors (Lipinski definition) is 5. The third-order valence-corrected chi connectivity index (χ3v) is 4.78. The lowest BCUT2D eigenvalue weighted by Gasteiger charge is -2.18. The summed E-state index contributed by atoms with van der Waals surface area (Å²) >= 11 is 0. The molecule has 5 heteroatoms. The highest BCUT2D eigenvalue weighted by atomic mass is 16.5. The Morgan fingerprint density at radius 1 is 1.15 bits per heavy atom. The molecule has 0 atom stereocenters. The van der Waals surface area contributed by atoms with Crippen molar-refractivity contribution in [3.63, 3.8) is 0 Å². The first-order chi connectivity index (χ1) is 12.5. The van der Waals surface area contributed by atoms with E-state index in [9.17, 15) is 0 Å². The summed E-state index contributed by atoms with van der Waals surface area (Å²) in [5.41, 5.74) is 3.76. The number of rotatable bonds is 8. The number of anilines is 1. The van der Waals surface area contributed by atoms with Crippen LogP contribution in [0.5, 0.6) is 11.5 Å². The van der Waals surface area contributed by atoms with Gasteiger partial charge in [-0.2, -0.15) is 0 Å². The average molecular weight is 357 g/mol. The van der Waals surface area contributed by atoms with E-state index < -0.39 is 0 Å². The first kappa shape index (κ1) is 18.8. The molecule has 0 saturated heterocycles. The minimum atomic E-state index is 0.365. The second kappa shape index (κ2) is 8.12. The quantitative estimate of drug-likeness (QED) is 0.727. The first-order valence-corrected chi connectivity index (χ1v) is 9.57. The average Bonchev–Trinajstić information content (AvgIpc) is 3.08. The summed E-state index contributed by atoms with van der Waals surface area (Å²) in [6.07, 6.45) is 4.37. The van der Waals surface area contributed by atoms with Crippen molar-refractivity contribution in [3.05, 3.63) is 23.3 Å². The predicted molar refractivity (Wildman–Crippen MR) is 108 cm³/mol. The summed E-state index contributed by atoms with van der Waals surface area (Å²) in [6.45, 7) is 5.98. The molecule has 1 aliphatic carbocycles. The van der Waals surface area contributed by atoms with Crippen molar-refractivity contribution in [2.45, 2.75) is 45.6 Å². The molecule has 0 bridgehead atoms. The van der Waals surface area contributed by atoms with Gasteiger partial charge in [0.2, 0.25) is 0 Å². The van der Waals surface area contributed by atoms with E-state index in [1.165, 1.54) is 22.9 Å². The summed E-state index contributed by atoms with van der Waals surface area (Å²) in [5, 5.41) is 4.72. The molecule has 3 rings (SSSR count). The van der Waals surface area contributed by atoms with Gasteiger partial charge in [0, 0.05) is 24.0 Å². The first-order valence-electron chi connectivity index (χ1n) is 9.57. The molecule has 1 N–H and O–H groups in total. The minimum Gasteiger partial charge on any atom is -0.493 e. The molecule has 2 aromatic rings. The van der Waals surface area contributed by atoms with Crippen LogP contribution in [0.4, 0.5) is 5.82 Å². The summed E-state index contributed by atoms with van der Waals surface area (Å²) in [7, 11) is 5.85. The monoisotopic (exact) mass is 357 g/mol. The fraction of sp³-hybridized carbons (Fsp3) is 0.571. The van der Waals surface area contributed by atoms with Crippen LogP contribution in [0.1, 0.15) is 37.8 Å². The zero-order chi connectivity index (χ0) is 18.7. The van der Waals surface area contributed by atoms with Gasteiger partial charge in [-0.15, -0.1) is 0 Å². The third-order valence-electron chi connectivity index (χ3n) is 4.78. The van der Waals surface area contributed by atoms with Crippen LogP contribution in [-0.4, -0.2) is 50.3 Å². The molecule has 1 heterocycles. The zero-order valence-electron chi connectivity index (χ0n) is 16.7. The molecule has 1 aromatic heterocycles. The maximum atomic E-state index is 6.01. The van der Waals surface area contributed by atoms with Crippen LogP contribution < -0.4 is 14.8 Å². The molecule has 26 heavy (non-hydrogen) atoms. The van der Waals surface area contributed by atoms with E-state index in [1.54, 1.807) is 7.11 Å². The van der Waals surface area contributed by atoms with E-state index in [2.05, 4.69) is 44.2 Å². The van der Waals surface area contributed by atoms with Gasteiger partial charge < -0.3 is 19.7 Å². The molecule has 1 aromatic carbocycles. The number of nitrogens with zero attached hydrogens (tertiary/aromatic N) is 2. The Labute approximate surface area is 156 Å². The standard InChI is InChI=1S/C21H31N3O2/c1-14(2)22-21-16-9-6-8-15(16)17-12-19(25-5)20(13-18(17)23-21)26-11-7-10-24(3)4/h12-14H,6-11H2,1-5H3,(H,22,23). The van der Waals surface area contributed by atoms with E-state index in [0.717, 1.165) is 48.6 Å². The topological polar surface area (TPSA) is 46.6 Å². The van der Waals surface area contributed by atoms with Crippen molar-refractivity contribution in [2.75, 3.05) is 39.7 Å². The van der Waals surface area contributed by atoms with Crippen LogP contribution in [0.15, 0.2) is 12.1 Å². The SMILES string of the molecule is COc1cc2c3c(c(NC(C)C)nc2cc1OCCCN(C)C)CCC3. The molecule has 1 aliphatic rings. The van der Waals surface area contributed by atoms with E-state index in [4.69, 9.17) is 14.5 Å². The number of fused-ring (bicyclic) bond motifs is 3. The highest BCUT2D eigenvalue weighted by molar-refractivity contribution is 5.89. The Bertz CT molecular complexity index is 772. The molecule has 0 spiro atoms. The number of nitrogens with one attached hydrogen (secondary N) is 1. The fourth-order valence-corrected chi connectivity index (χ4v) is 3.60. The summed E-state index contributed by atoms with van der Waals surface area (Å²) in [6, 6.07) is 4.51.